The summed E-state index contributed by atoms with van der Waals surface area (Å²) in [6.07, 6.45) is 1.87. The third kappa shape index (κ3) is 5.35. The van der Waals surface area contributed by atoms with Crippen LogP contribution in [0.4, 0.5) is 0 Å². The van der Waals surface area contributed by atoms with Crippen LogP contribution in [0.25, 0.3) is 0 Å². The van der Waals surface area contributed by atoms with Crippen molar-refractivity contribution in [1.29, 1.82) is 0 Å². The van der Waals surface area contributed by atoms with Crippen LogP contribution in [0.1, 0.15) is 27.7 Å². The van der Waals surface area contributed by atoms with Gasteiger partial charge in [0.1, 0.15) is 10.9 Å². The van der Waals surface area contributed by atoms with Gasteiger partial charge < -0.3 is 4.74 Å². The van der Waals surface area contributed by atoms with Crippen LogP contribution in [0.3, 0.4) is 0 Å². The molecule has 0 saturated heterocycles. The van der Waals surface area contributed by atoms with Gasteiger partial charge in [-0.2, -0.15) is 0 Å². The minimum atomic E-state index is -0.581. The predicted octanol–water partition coefficient (Wildman–Crippen LogP) is 2.67. The maximum atomic E-state index is 11.1. The van der Waals surface area contributed by atoms with Crippen molar-refractivity contribution >= 4 is 21.9 Å². The zero-order valence-electron chi connectivity index (χ0n) is 7.98. The average Bonchev–Trinajstić information content (AvgIpc) is 1.84. The monoisotopic (exact) mass is 234 g/mol. The van der Waals surface area contributed by atoms with E-state index >= 15 is 0 Å². The van der Waals surface area contributed by atoms with E-state index in [1.807, 2.05) is 19.9 Å². The van der Waals surface area contributed by atoms with Crippen LogP contribution < -0.4 is 0 Å². The fourth-order valence-electron chi connectivity index (χ4n) is 0.456. The van der Waals surface area contributed by atoms with E-state index in [1.54, 1.807) is 13.8 Å². The molecule has 0 amide bonds. The Morgan fingerprint density at radius 3 is 2.33 bits per heavy atom. The molecule has 12 heavy (non-hydrogen) atoms. The predicted molar refractivity (Wildman–Crippen MR) is 53.4 cm³/mol. The summed E-state index contributed by atoms with van der Waals surface area (Å²) in [7, 11) is 0. The molecule has 0 heterocycles. The van der Waals surface area contributed by atoms with Gasteiger partial charge in [-0.25, -0.2) is 0 Å². The second-order valence-electron chi connectivity index (χ2n) is 3.35. The Kier molecular flexibility index (Phi) is 4.53. The first-order valence-electron chi connectivity index (χ1n) is 3.83. The molecule has 0 unspecified atom stereocenters. The van der Waals surface area contributed by atoms with E-state index in [-0.39, 0.29) is 5.97 Å². The van der Waals surface area contributed by atoms with Crippen molar-refractivity contribution in [3.05, 3.63) is 11.6 Å². The van der Waals surface area contributed by atoms with E-state index in [9.17, 15) is 4.79 Å². The molecule has 0 aliphatic rings. The number of rotatable bonds is 3. The number of halogens is 1. The Morgan fingerprint density at radius 1 is 1.50 bits per heavy atom. The van der Waals surface area contributed by atoms with Gasteiger partial charge in [0.05, 0.1) is 0 Å². The van der Waals surface area contributed by atoms with E-state index in [1.165, 1.54) is 0 Å². The highest BCUT2D eigenvalue weighted by molar-refractivity contribution is 9.10. The third-order valence-corrected chi connectivity index (χ3v) is 1.52. The summed E-state index contributed by atoms with van der Waals surface area (Å²) in [5, 5.41) is 0. The van der Waals surface area contributed by atoms with Crippen molar-refractivity contribution in [2.75, 3.05) is 6.61 Å². The van der Waals surface area contributed by atoms with Gasteiger partial charge in [0, 0.05) is 0 Å². The molecule has 0 bridgehead atoms. The van der Waals surface area contributed by atoms with Crippen LogP contribution in [0.2, 0.25) is 0 Å². The molecule has 0 atom stereocenters. The fourth-order valence-corrected chi connectivity index (χ4v) is 0.570. The molecular weight excluding hydrogens is 220 g/mol. The highest BCUT2D eigenvalue weighted by atomic mass is 79.9. The number of alkyl halides is 1. The minimum Gasteiger partial charge on any atom is -0.460 e. The standard InChI is InChI=1S/C9H15BrO2/c1-7(2)5-6-12-8(11)9(3,4)10/h5H,6H2,1-4H3. The van der Waals surface area contributed by atoms with Crippen LogP contribution in [-0.4, -0.2) is 16.9 Å². The Hall–Kier alpha value is -0.310. The molecule has 0 aromatic rings. The quantitative estimate of drug-likeness (QED) is 0.427. The summed E-state index contributed by atoms with van der Waals surface area (Å²) in [6.45, 7) is 7.81. The van der Waals surface area contributed by atoms with Gasteiger partial charge in [-0.05, 0) is 33.8 Å². The molecule has 0 fully saturated rings. The van der Waals surface area contributed by atoms with E-state index in [2.05, 4.69) is 15.9 Å². The van der Waals surface area contributed by atoms with Crippen LogP contribution in [-0.2, 0) is 9.53 Å². The van der Waals surface area contributed by atoms with Crippen molar-refractivity contribution in [2.45, 2.75) is 32.0 Å². The van der Waals surface area contributed by atoms with Crippen LogP contribution >= 0.6 is 15.9 Å². The van der Waals surface area contributed by atoms with Crippen LogP contribution in [0.5, 0.6) is 0 Å². The van der Waals surface area contributed by atoms with Crippen molar-refractivity contribution in [3.8, 4) is 0 Å². The van der Waals surface area contributed by atoms with Crippen molar-refractivity contribution in [3.63, 3.8) is 0 Å². The molecule has 3 heteroatoms. The zero-order chi connectivity index (χ0) is 9.78. The number of carbonyl (C=O) groups is 1. The number of carbonyl (C=O) groups excluding carboxylic acids is 1. The van der Waals surface area contributed by atoms with E-state index in [0.717, 1.165) is 5.57 Å². The van der Waals surface area contributed by atoms with Gasteiger partial charge in [0.25, 0.3) is 0 Å². The lowest BCUT2D eigenvalue weighted by Gasteiger charge is -2.13. The molecule has 0 saturated carbocycles. The maximum absolute atomic E-state index is 11.1. The summed E-state index contributed by atoms with van der Waals surface area (Å²) in [6, 6.07) is 0. The smallest absolute Gasteiger partial charge is 0.322 e. The first kappa shape index (κ1) is 11.7. The number of esters is 1. The first-order valence-corrected chi connectivity index (χ1v) is 4.63. The minimum absolute atomic E-state index is 0.236. The normalized spacial score (nSPS) is 10.8. The van der Waals surface area contributed by atoms with Crippen molar-refractivity contribution in [1.82, 2.24) is 0 Å². The molecular formula is C9H15BrO2. The van der Waals surface area contributed by atoms with Gasteiger partial charge in [-0.3, -0.25) is 4.79 Å². The lowest BCUT2D eigenvalue weighted by molar-refractivity contribution is -0.144. The van der Waals surface area contributed by atoms with Gasteiger partial charge >= 0.3 is 5.97 Å². The molecule has 0 aliphatic heterocycles. The summed E-state index contributed by atoms with van der Waals surface area (Å²) >= 11 is 3.22. The molecule has 0 spiro atoms. The molecule has 2 nitrogen and oxygen atoms in total. The van der Waals surface area contributed by atoms with Crippen LogP contribution in [0.15, 0.2) is 11.6 Å². The van der Waals surface area contributed by atoms with E-state index in [0.29, 0.717) is 6.61 Å². The Balaban J connectivity index is 3.82. The van der Waals surface area contributed by atoms with Crippen LogP contribution in [0, 0.1) is 0 Å². The summed E-state index contributed by atoms with van der Waals surface area (Å²) in [5.41, 5.74) is 1.15. The topological polar surface area (TPSA) is 26.3 Å². The van der Waals surface area contributed by atoms with Gasteiger partial charge in [0.2, 0.25) is 0 Å². The second-order valence-corrected chi connectivity index (χ2v) is 5.33. The van der Waals surface area contributed by atoms with E-state index < -0.39 is 4.32 Å². The lowest BCUT2D eigenvalue weighted by Crippen LogP contribution is -2.26. The van der Waals surface area contributed by atoms with Gasteiger partial charge in [-0.15, -0.1) is 0 Å². The molecule has 0 N–H and O–H groups in total. The van der Waals surface area contributed by atoms with Crippen molar-refractivity contribution < 1.29 is 9.53 Å². The fraction of sp³-hybridized carbons (Fsp3) is 0.667. The van der Waals surface area contributed by atoms with E-state index in [4.69, 9.17) is 4.74 Å². The summed E-state index contributed by atoms with van der Waals surface area (Å²) < 4.78 is 4.37. The molecule has 0 aliphatic carbocycles. The molecule has 0 rings (SSSR count). The second kappa shape index (κ2) is 4.65. The summed E-state index contributed by atoms with van der Waals surface area (Å²) in [5.74, 6) is -0.236. The molecule has 0 aromatic carbocycles. The lowest BCUT2D eigenvalue weighted by atomic mass is 10.2. The Bertz CT molecular complexity index is 185. The van der Waals surface area contributed by atoms with Gasteiger partial charge in [0.15, 0.2) is 0 Å². The van der Waals surface area contributed by atoms with Gasteiger partial charge in [-0.1, -0.05) is 21.5 Å². The maximum Gasteiger partial charge on any atom is 0.322 e. The SMILES string of the molecule is CC(C)=CCOC(=O)C(C)(C)Br. The third-order valence-electron chi connectivity index (χ3n) is 1.19. The molecule has 0 aromatic heterocycles. The number of allylic oxidation sites excluding steroid dienone is 1. The summed E-state index contributed by atoms with van der Waals surface area (Å²) in [4.78, 5) is 11.1. The Labute approximate surface area is 82.1 Å². The molecule has 0 radical (unpaired) electrons. The highest BCUT2D eigenvalue weighted by Gasteiger charge is 2.24. The zero-order valence-corrected chi connectivity index (χ0v) is 9.56. The number of hydrogen-bond donors (Lipinski definition) is 0. The Morgan fingerprint density at radius 2 is 2.00 bits per heavy atom. The highest BCUT2D eigenvalue weighted by Crippen LogP contribution is 2.17. The largest absolute Gasteiger partial charge is 0.460 e. The average molecular weight is 235 g/mol. The first-order chi connectivity index (χ1) is 5.34. The molecule has 70 valence electrons. The van der Waals surface area contributed by atoms with Crippen molar-refractivity contribution in [2.24, 2.45) is 0 Å². The number of hydrogen-bond acceptors (Lipinski definition) is 2. The number of ether oxygens (including phenoxy) is 1.